The second kappa shape index (κ2) is 7.13. The molecule has 1 aliphatic rings. The van der Waals surface area contributed by atoms with Crippen molar-refractivity contribution >= 4 is 22.6 Å². The molecule has 0 spiro atoms. The lowest BCUT2D eigenvalue weighted by Gasteiger charge is -2.33. The minimum absolute atomic E-state index is 0.0992. The van der Waals surface area contributed by atoms with Gasteiger partial charge in [0, 0.05) is 11.1 Å². The van der Waals surface area contributed by atoms with Gasteiger partial charge >= 0.3 is 0 Å². The van der Waals surface area contributed by atoms with Gasteiger partial charge in [-0.2, -0.15) is 5.26 Å². The monoisotopic (exact) mass is 368 g/mol. The van der Waals surface area contributed by atoms with Crippen molar-refractivity contribution in [3.63, 3.8) is 0 Å². The molecule has 4 nitrogen and oxygen atoms in total. The van der Waals surface area contributed by atoms with Crippen LogP contribution < -0.4 is 4.74 Å². The van der Waals surface area contributed by atoms with E-state index in [4.69, 9.17) is 4.74 Å². The molecule has 5 heteroatoms. The molecule has 0 saturated heterocycles. The number of ether oxygens (including phenoxy) is 1. The second-order valence-corrected chi connectivity index (χ2v) is 8.87. The Morgan fingerprint density at radius 2 is 2.15 bits per heavy atom. The number of aromatic hydroxyl groups is 1. The highest BCUT2D eigenvalue weighted by molar-refractivity contribution is 7.16. The summed E-state index contributed by atoms with van der Waals surface area (Å²) in [5.41, 5.74) is 3.01. The standard InChI is InChI=1S/C21H24N2O2S/c1-21(2,3)14-6-7-15-16(11-22)20(26-19(15)10-14)23-12-13-5-8-17(24)18(9-13)25-4/h5,8-9,12,14,24H,6-7,10H2,1-4H3/t14-/m0/s1. The fourth-order valence-electron chi connectivity index (χ4n) is 3.42. The molecule has 3 rings (SSSR count). The minimum Gasteiger partial charge on any atom is -0.504 e. The Labute approximate surface area is 158 Å². The van der Waals surface area contributed by atoms with Crippen LogP contribution in [0.4, 0.5) is 5.00 Å². The van der Waals surface area contributed by atoms with Gasteiger partial charge in [-0.15, -0.1) is 11.3 Å². The van der Waals surface area contributed by atoms with Crippen molar-refractivity contribution in [1.29, 1.82) is 5.26 Å². The van der Waals surface area contributed by atoms with Crippen LogP contribution in [0.5, 0.6) is 11.5 Å². The third-order valence-electron chi connectivity index (χ3n) is 5.12. The van der Waals surface area contributed by atoms with E-state index in [-0.39, 0.29) is 11.2 Å². The average molecular weight is 369 g/mol. The van der Waals surface area contributed by atoms with Crippen LogP contribution in [-0.4, -0.2) is 18.4 Å². The predicted molar refractivity (Wildman–Crippen MR) is 106 cm³/mol. The fourth-order valence-corrected chi connectivity index (χ4v) is 4.65. The molecule has 1 N–H and O–H groups in total. The van der Waals surface area contributed by atoms with E-state index in [2.05, 4.69) is 31.8 Å². The number of methoxy groups -OCH3 is 1. The molecule has 1 heterocycles. The van der Waals surface area contributed by atoms with E-state index in [0.29, 0.717) is 11.7 Å². The van der Waals surface area contributed by atoms with Crippen molar-refractivity contribution in [2.45, 2.75) is 40.0 Å². The molecule has 1 aromatic heterocycles. The van der Waals surface area contributed by atoms with Crippen molar-refractivity contribution in [3.8, 4) is 17.6 Å². The summed E-state index contributed by atoms with van der Waals surface area (Å²) in [4.78, 5) is 5.89. The summed E-state index contributed by atoms with van der Waals surface area (Å²) in [7, 11) is 1.52. The van der Waals surface area contributed by atoms with Gasteiger partial charge in [-0.05, 0) is 59.9 Å². The molecule has 26 heavy (non-hydrogen) atoms. The highest BCUT2D eigenvalue weighted by Crippen LogP contribution is 2.44. The van der Waals surface area contributed by atoms with Gasteiger partial charge in [-0.3, -0.25) is 0 Å². The molecule has 0 aliphatic heterocycles. The first-order chi connectivity index (χ1) is 12.3. The van der Waals surface area contributed by atoms with E-state index in [1.165, 1.54) is 17.6 Å². The summed E-state index contributed by atoms with van der Waals surface area (Å²) >= 11 is 1.64. The van der Waals surface area contributed by atoms with E-state index in [9.17, 15) is 10.4 Å². The molecular weight excluding hydrogens is 344 g/mol. The zero-order valence-electron chi connectivity index (χ0n) is 15.7. The van der Waals surface area contributed by atoms with Gasteiger partial charge in [0.2, 0.25) is 0 Å². The van der Waals surface area contributed by atoms with Crippen molar-refractivity contribution in [1.82, 2.24) is 0 Å². The Morgan fingerprint density at radius 3 is 2.81 bits per heavy atom. The Bertz CT molecular complexity index is 885. The number of aliphatic imine (C=N–C) groups is 1. The molecule has 1 aliphatic carbocycles. The number of hydrogen-bond acceptors (Lipinski definition) is 5. The summed E-state index contributed by atoms with van der Waals surface area (Å²) in [6, 6.07) is 7.44. The van der Waals surface area contributed by atoms with Gasteiger partial charge in [-0.25, -0.2) is 4.99 Å². The zero-order valence-corrected chi connectivity index (χ0v) is 16.5. The van der Waals surface area contributed by atoms with Crippen LogP contribution in [0.2, 0.25) is 0 Å². The van der Waals surface area contributed by atoms with Gasteiger partial charge in [0.25, 0.3) is 0 Å². The van der Waals surface area contributed by atoms with Crippen molar-refractivity contribution < 1.29 is 9.84 Å². The normalized spacial score (nSPS) is 17.1. The Balaban J connectivity index is 1.90. The first-order valence-electron chi connectivity index (χ1n) is 8.79. The number of rotatable bonds is 3. The second-order valence-electron chi connectivity index (χ2n) is 7.79. The van der Waals surface area contributed by atoms with E-state index in [0.717, 1.165) is 35.4 Å². The number of nitrogens with zero attached hydrogens (tertiary/aromatic N) is 2. The van der Waals surface area contributed by atoms with Crippen molar-refractivity contribution in [2.75, 3.05) is 7.11 Å². The lowest BCUT2D eigenvalue weighted by atomic mass is 9.72. The maximum Gasteiger partial charge on any atom is 0.161 e. The molecule has 0 radical (unpaired) electrons. The smallest absolute Gasteiger partial charge is 0.161 e. The van der Waals surface area contributed by atoms with Crippen LogP contribution in [-0.2, 0) is 12.8 Å². The Hall–Kier alpha value is -2.32. The largest absolute Gasteiger partial charge is 0.504 e. The highest BCUT2D eigenvalue weighted by Gasteiger charge is 2.32. The first-order valence-corrected chi connectivity index (χ1v) is 9.61. The lowest BCUT2D eigenvalue weighted by Crippen LogP contribution is -2.26. The number of thiophene rings is 1. The molecule has 0 bridgehead atoms. The van der Waals surface area contributed by atoms with Gasteiger partial charge in [0.05, 0.1) is 12.7 Å². The van der Waals surface area contributed by atoms with E-state index < -0.39 is 0 Å². The minimum atomic E-state index is 0.0992. The Kier molecular flexibility index (Phi) is 5.06. The molecule has 1 aromatic carbocycles. The maximum absolute atomic E-state index is 9.69. The molecule has 0 saturated carbocycles. The SMILES string of the molecule is COc1cc(C=Nc2sc3c(c2C#N)CC[C@H](C(C)(C)C)C3)ccc1O. The first kappa shape index (κ1) is 18.5. The maximum atomic E-state index is 9.69. The summed E-state index contributed by atoms with van der Waals surface area (Å²) in [6.45, 7) is 6.87. The number of hydrogen-bond donors (Lipinski definition) is 1. The van der Waals surface area contributed by atoms with Crippen LogP contribution in [0, 0.1) is 22.7 Å². The third-order valence-corrected chi connectivity index (χ3v) is 6.28. The third kappa shape index (κ3) is 3.61. The molecule has 2 aromatic rings. The van der Waals surface area contributed by atoms with Gasteiger partial charge < -0.3 is 9.84 Å². The van der Waals surface area contributed by atoms with Crippen LogP contribution in [0.25, 0.3) is 0 Å². The van der Waals surface area contributed by atoms with Crippen molar-refractivity contribution in [3.05, 3.63) is 39.8 Å². The number of benzene rings is 1. The number of phenols is 1. The number of nitriles is 1. The molecule has 1 atom stereocenters. The van der Waals surface area contributed by atoms with Crippen LogP contribution in [0.15, 0.2) is 23.2 Å². The van der Waals surface area contributed by atoms with Gasteiger partial charge in [-0.1, -0.05) is 20.8 Å². The summed E-state index contributed by atoms with van der Waals surface area (Å²) in [5, 5.41) is 20.1. The molecule has 136 valence electrons. The van der Waals surface area contributed by atoms with Crippen molar-refractivity contribution in [2.24, 2.45) is 16.3 Å². The Morgan fingerprint density at radius 1 is 1.38 bits per heavy atom. The molecule has 0 amide bonds. The van der Waals surface area contributed by atoms with E-state index in [1.807, 2.05) is 0 Å². The zero-order chi connectivity index (χ0) is 18.9. The quantitative estimate of drug-likeness (QED) is 0.754. The van der Waals surface area contributed by atoms with E-state index >= 15 is 0 Å². The molecule has 0 fully saturated rings. The average Bonchev–Trinajstić information content (AvgIpc) is 2.96. The summed E-state index contributed by atoms with van der Waals surface area (Å²) < 4.78 is 5.13. The van der Waals surface area contributed by atoms with Gasteiger partial charge in [0.15, 0.2) is 11.5 Å². The highest BCUT2D eigenvalue weighted by atomic mass is 32.1. The van der Waals surface area contributed by atoms with E-state index in [1.54, 1.807) is 35.8 Å². The lowest BCUT2D eigenvalue weighted by molar-refractivity contribution is 0.218. The van der Waals surface area contributed by atoms with Crippen LogP contribution in [0.3, 0.4) is 0 Å². The topological polar surface area (TPSA) is 65.6 Å². The molecule has 0 unspecified atom stereocenters. The summed E-state index contributed by atoms with van der Waals surface area (Å²) in [6.07, 6.45) is 4.83. The summed E-state index contributed by atoms with van der Waals surface area (Å²) in [5.74, 6) is 1.15. The van der Waals surface area contributed by atoms with Gasteiger partial charge in [0.1, 0.15) is 11.1 Å². The van der Waals surface area contributed by atoms with Crippen LogP contribution >= 0.6 is 11.3 Å². The number of fused-ring (bicyclic) bond motifs is 1. The molecular formula is C21H24N2O2S. The predicted octanol–water partition coefficient (Wildman–Crippen LogP) is 5.24. The fraction of sp³-hybridized carbons (Fsp3) is 0.429. The van der Waals surface area contributed by atoms with Crippen LogP contribution in [0.1, 0.15) is 48.8 Å². The number of phenolic OH excluding ortho intramolecular Hbond substituents is 1.